The maximum atomic E-state index is 8.78. The summed E-state index contributed by atoms with van der Waals surface area (Å²) in [6.07, 6.45) is 0. The van der Waals surface area contributed by atoms with Crippen molar-refractivity contribution in [1.82, 2.24) is 0 Å². The Hall–Kier alpha value is -0.310. The Labute approximate surface area is 25.6 Å². The molecule has 2 nitrogen and oxygen atoms in total. The third-order valence-electron chi connectivity index (χ3n) is 0. The van der Waals surface area contributed by atoms with Gasteiger partial charge >= 0.3 is 0 Å². The van der Waals surface area contributed by atoms with Gasteiger partial charge in [-0.15, -0.1) is 0 Å². The highest BCUT2D eigenvalue weighted by Crippen LogP contribution is 1.08. The average Bonchev–Trinajstić information content (AvgIpc) is 0.811. The van der Waals surface area contributed by atoms with E-state index in [0.29, 0.717) is 0 Å². The van der Waals surface area contributed by atoms with Crippen molar-refractivity contribution in [2.45, 2.75) is 0 Å². The fourth-order valence-corrected chi connectivity index (χ4v) is 0. The van der Waals surface area contributed by atoms with Gasteiger partial charge in [-0.2, -0.15) is 8.42 Å². The topological polar surface area (TPSA) is 34.1 Å². The van der Waals surface area contributed by atoms with Gasteiger partial charge in [0.25, 0.3) is 0 Å². The molecule has 4 heavy (non-hydrogen) atoms. The lowest BCUT2D eigenvalue weighted by Crippen LogP contribution is -1.39. The molecule has 0 aliphatic rings. The molecule has 0 N–H and O–H groups in total. The standard InChI is InChI=1S/CHO2S/c1-4(2)3/h1H. The zero-order chi connectivity index (χ0) is 3.58. The summed E-state index contributed by atoms with van der Waals surface area (Å²) >= 11 is 0. The van der Waals surface area contributed by atoms with Crippen molar-refractivity contribution in [3.05, 3.63) is 0 Å². The quantitative estimate of drug-likeness (QED) is 0.354. The molecular weight excluding hydrogens is 76.1 g/mol. The molecule has 0 saturated heterocycles. The Morgan fingerprint density at radius 2 is 1.50 bits per heavy atom. The molecule has 0 aromatic rings. The van der Waals surface area contributed by atoms with E-state index in [2.05, 4.69) is 5.87 Å². The lowest BCUT2D eigenvalue weighted by molar-refractivity contribution is 0.627. The second-order valence-corrected chi connectivity index (χ2v) is 0.781. The van der Waals surface area contributed by atoms with Crippen molar-refractivity contribution in [3.63, 3.8) is 0 Å². The normalized spacial score (nSPS) is 6.00. The minimum atomic E-state index is -2.36. The first kappa shape index (κ1) is 3.69. The Morgan fingerprint density at radius 1 is 1.50 bits per heavy atom. The number of hydrogen-bond acceptors (Lipinski definition) is 2. The third kappa shape index (κ3) is 8.37. The highest BCUT2D eigenvalue weighted by Gasteiger charge is 1.30. The van der Waals surface area contributed by atoms with Crippen molar-refractivity contribution in [3.8, 4) is 0 Å². The van der Waals surface area contributed by atoms with E-state index in [1.807, 2.05) is 0 Å². The average molecular weight is 77.1 g/mol. The van der Waals surface area contributed by atoms with Gasteiger partial charge in [0.1, 0.15) is 0 Å². The van der Waals surface area contributed by atoms with Crippen LogP contribution in [-0.4, -0.2) is 14.3 Å². The molecule has 3 heteroatoms. The molecule has 0 aromatic carbocycles. The van der Waals surface area contributed by atoms with Crippen molar-refractivity contribution in [1.29, 1.82) is 0 Å². The summed E-state index contributed by atoms with van der Waals surface area (Å²) in [6.45, 7) is 0. The molecule has 0 rings (SSSR count). The highest BCUT2D eigenvalue weighted by molar-refractivity contribution is 7.70. The Bertz CT molecular complexity index is 75.4. The summed E-state index contributed by atoms with van der Waals surface area (Å²) in [4.78, 5) is 0. The third-order valence-corrected chi connectivity index (χ3v) is 0. The first-order valence-corrected chi connectivity index (χ1v) is 1.71. The van der Waals surface area contributed by atoms with Gasteiger partial charge in [0.15, 0.2) is 0 Å². The molecule has 1 radical (unpaired) electrons. The SMILES string of the molecule is [CH]=S(=O)=O. The fraction of sp³-hybridized carbons (Fsp3) is 0. The van der Waals surface area contributed by atoms with E-state index in [9.17, 15) is 0 Å². The zero-order valence-electron chi connectivity index (χ0n) is 1.80. The van der Waals surface area contributed by atoms with Crippen LogP contribution in [0.25, 0.3) is 0 Å². The first-order valence-electron chi connectivity index (χ1n) is 0.569. The first-order chi connectivity index (χ1) is 1.73. The maximum absolute atomic E-state index is 8.78. The molecule has 0 heterocycles. The largest absolute Gasteiger partial charge is 0.215 e. The van der Waals surface area contributed by atoms with Gasteiger partial charge in [0.2, 0.25) is 10.3 Å². The van der Waals surface area contributed by atoms with E-state index in [4.69, 9.17) is 8.42 Å². The molecule has 0 fully saturated rings. The van der Waals surface area contributed by atoms with Crippen LogP contribution in [0.5, 0.6) is 0 Å². The summed E-state index contributed by atoms with van der Waals surface area (Å²) in [5, 5.41) is 0. The molecule has 0 amide bonds. The molecular formula is CHO2S. The van der Waals surface area contributed by atoms with Crippen LogP contribution in [0.15, 0.2) is 0 Å². The summed E-state index contributed by atoms with van der Waals surface area (Å²) in [6, 6.07) is 0. The van der Waals surface area contributed by atoms with Crippen LogP contribution in [0, 0.1) is 0 Å². The molecule has 0 aromatic heterocycles. The highest BCUT2D eigenvalue weighted by atomic mass is 32.2. The van der Waals surface area contributed by atoms with Gasteiger partial charge in [-0.05, 0) is 0 Å². The van der Waals surface area contributed by atoms with Crippen LogP contribution in [0.1, 0.15) is 0 Å². The Morgan fingerprint density at radius 3 is 1.50 bits per heavy atom. The smallest absolute Gasteiger partial charge is 0.185 e. The van der Waals surface area contributed by atoms with Crippen LogP contribution >= 0.6 is 0 Å². The minimum Gasteiger partial charge on any atom is -0.185 e. The van der Waals surface area contributed by atoms with Crippen molar-refractivity contribution in [2.75, 3.05) is 0 Å². The molecule has 0 aliphatic heterocycles. The predicted molar refractivity (Wildman–Crippen MR) is 15.0 cm³/mol. The predicted octanol–water partition coefficient (Wildman–Crippen LogP) is -0.826. The van der Waals surface area contributed by atoms with E-state index in [1.54, 1.807) is 0 Å². The lowest BCUT2D eigenvalue weighted by Gasteiger charge is -1.18. The molecule has 0 saturated carbocycles. The van der Waals surface area contributed by atoms with Crippen LogP contribution in [0.2, 0.25) is 0 Å². The molecule has 0 spiro atoms. The summed E-state index contributed by atoms with van der Waals surface area (Å²) in [7, 11) is -2.36. The van der Waals surface area contributed by atoms with Crippen molar-refractivity contribution < 1.29 is 8.42 Å². The Kier molecular flexibility index (Phi) is 0.979. The van der Waals surface area contributed by atoms with Crippen LogP contribution < -0.4 is 0 Å². The maximum Gasteiger partial charge on any atom is 0.215 e. The molecule has 0 unspecified atom stereocenters. The zero-order valence-corrected chi connectivity index (χ0v) is 2.62. The lowest BCUT2D eigenvalue weighted by atomic mass is 12.0. The molecule has 0 atom stereocenters. The second-order valence-electron chi connectivity index (χ2n) is 0.260. The van der Waals surface area contributed by atoms with E-state index in [1.165, 1.54) is 0 Å². The number of hydrogen-bond donors (Lipinski definition) is 0. The molecule has 0 bridgehead atoms. The van der Waals surface area contributed by atoms with Crippen molar-refractivity contribution >= 4 is 16.2 Å². The monoisotopic (exact) mass is 77.0 g/mol. The van der Waals surface area contributed by atoms with Gasteiger partial charge in [-0.25, -0.2) is 0 Å². The van der Waals surface area contributed by atoms with E-state index in [0.717, 1.165) is 0 Å². The van der Waals surface area contributed by atoms with Gasteiger partial charge in [0.05, 0.1) is 5.87 Å². The van der Waals surface area contributed by atoms with Gasteiger partial charge in [-0.1, -0.05) is 0 Å². The molecule has 0 aliphatic carbocycles. The molecule has 23 valence electrons. The van der Waals surface area contributed by atoms with Crippen molar-refractivity contribution in [2.24, 2.45) is 0 Å². The van der Waals surface area contributed by atoms with Crippen LogP contribution in [0.3, 0.4) is 0 Å². The Balaban J connectivity index is 4.65. The summed E-state index contributed by atoms with van der Waals surface area (Å²) in [5.74, 6) is 4.03. The van der Waals surface area contributed by atoms with Gasteiger partial charge < -0.3 is 0 Å². The van der Waals surface area contributed by atoms with Gasteiger partial charge in [-0.3, -0.25) is 0 Å². The van der Waals surface area contributed by atoms with Crippen LogP contribution in [0.4, 0.5) is 0 Å². The second kappa shape index (κ2) is 1.06. The number of rotatable bonds is 0. The summed E-state index contributed by atoms with van der Waals surface area (Å²) in [5.41, 5.74) is 0. The van der Waals surface area contributed by atoms with Gasteiger partial charge in [0, 0.05) is 0 Å². The summed E-state index contributed by atoms with van der Waals surface area (Å²) < 4.78 is 17.6. The van der Waals surface area contributed by atoms with E-state index >= 15 is 0 Å². The minimum absolute atomic E-state index is 2.36. The van der Waals surface area contributed by atoms with E-state index < -0.39 is 10.3 Å². The van der Waals surface area contributed by atoms with Crippen LogP contribution in [-0.2, 0) is 10.3 Å². The fourth-order valence-electron chi connectivity index (χ4n) is 0. The van der Waals surface area contributed by atoms with E-state index in [-0.39, 0.29) is 0 Å².